The first-order valence-electron chi connectivity index (χ1n) is 6.69. The minimum Gasteiger partial charge on any atom is -0.370 e. The Bertz CT molecular complexity index is 545. The van der Waals surface area contributed by atoms with E-state index in [1.807, 2.05) is 19.3 Å². The lowest BCUT2D eigenvalue weighted by molar-refractivity contribution is 0.635. The van der Waals surface area contributed by atoms with Crippen molar-refractivity contribution >= 4 is 5.82 Å². The summed E-state index contributed by atoms with van der Waals surface area (Å²) in [6.07, 6.45) is 4.68. The van der Waals surface area contributed by atoms with Crippen molar-refractivity contribution < 1.29 is 0 Å². The number of nitrogens with zero attached hydrogens (tertiary/aromatic N) is 4. The fourth-order valence-corrected chi connectivity index (χ4v) is 1.96. The zero-order chi connectivity index (χ0) is 13.8. The largest absolute Gasteiger partial charge is 0.370 e. The van der Waals surface area contributed by atoms with Crippen molar-refractivity contribution in [1.82, 2.24) is 19.7 Å². The number of aryl methyl sites for hydroxylation is 1. The van der Waals surface area contributed by atoms with Crippen molar-refractivity contribution in [1.29, 1.82) is 0 Å². The maximum atomic E-state index is 4.63. The zero-order valence-corrected chi connectivity index (χ0v) is 12.0. The summed E-state index contributed by atoms with van der Waals surface area (Å²) < 4.78 is 1.76. The van der Waals surface area contributed by atoms with Crippen LogP contribution in [-0.4, -0.2) is 26.3 Å². The van der Waals surface area contributed by atoms with Gasteiger partial charge >= 0.3 is 0 Å². The van der Waals surface area contributed by atoms with E-state index in [0.717, 1.165) is 35.9 Å². The Labute approximate surface area is 114 Å². The first kappa shape index (κ1) is 13.5. The molecule has 2 rings (SSSR count). The van der Waals surface area contributed by atoms with Crippen LogP contribution >= 0.6 is 0 Å². The van der Waals surface area contributed by atoms with Crippen LogP contribution in [0.2, 0.25) is 0 Å². The van der Waals surface area contributed by atoms with Crippen LogP contribution < -0.4 is 5.32 Å². The van der Waals surface area contributed by atoms with Crippen molar-refractivity contribution in [2.45, 2.75) is 27.2 Å². The second-order valence-corrected chi connectivity index (χ2v) is 5.10. The number of anilines is 1. The molecule has 0 spiro atoms. The van der Waals surface area contributed by atoms with E-state index >= 15 is 0 Å². The van der Waals surface area contributed by atoms with Gasteiger partial charge < -0.3 is 5.32 Å². The first-order valence-corrected chi connectivity index (χ1v) is 6.69. The van der Waals surface area contributed by atoms with E-state index in [2.05, 4.69) is 41.2 Å². The third-order valence-corrected chi connectivity index (χ3v) is 2.72. The minimum atomic E-state index is 0.575. The molecule has 102 valence electrons. The van der Waals surface area contributed by atoms with Gasteiger partial charge in [-0.3, -0.25) is 4.68 Å². The topological polar surface area (TPSA) is 55.6 Å². The van der Waals surface area contributed by atoms with E-state index in [0.29, 0.717) is 5.92 Å². The van der Waals surface area contributed by atoms with Crippen molar-refractivity contribution in [2.24, 2.45) is 13.0 Å². The maximum Gasteiger partial charge on any atom is 0.164 e. The Morgan fingerprint density at radius 1 is 1.32 bits per heavy atom. The summed E-state index contributed by atoms with van der Waals surface area (Å²) >= 11 is 0. The molecule has 0 atom stereocenters. The van der Waals surface area contributed by atoms with E-state index in [1.165, 1.54) is 0 Å². The third kappa shape index (κ3) is 3.53. The van der Waals surface area contributed by atoms with Gasteiger partial charge in [-0.05, 0) is 19.3 Å². The van der Waals surface area contributed by atoms with Crippen LogP contribution in [0.4, 0.5) is 5.82 Å². The first-order chi connectivity index (χ1) is 9.08. The van der Waals surface area contributed by atoms with Crippen LogP contribution in [0, 0.1) is 5.92 Å². The summed E-state index contributed by atoms with van der Waals surface area (Å²) in [5.41, 5.74) is 2.02. The highest BCUT2D eigenvalue weighted by Crippen LogP contribution is 2.18. The number of rotatable bonds is 5. The van der Waals surface area contributed by atoms with E-state index in [9.17, 15) is 0 Å². The maximum absolute atomic E-state index is 4.63. The quantitative estimate of drug-likeness (QED) is 0.896. The Morgan fingerprint density at radius 2 is 2.11 bits per heavy atom. The van der Waals surface area contributed by atoms with Gasteiger partial charge in [0.15, 0.2) is 5.82 Å². The Kier molecular flexibility index (Phi) is 4.14. The summed E-state index contributed by atoms with van der Waals surface area (Å²) in [6, 6.07) is 2.03. The molecule has 0 aromatic carbocycles. The number of hydrogen-bond donors (Lipinski definition) is 1. The normalized spacial score (nSPS) is 11.0. The summed E-state index contributed by atoms with van der Waals surface area (Å²) in [6.45, 7) is 7.30. The standard InChI is InChI=1S/C14H21N5/c1-5-15-13-7-12(6-10(2)3)17-14(18-13)11-8-16-19(4)9-11/h7-10H,5-6H2,1-4H3,(H,15,17,18). The molecular weight excluding hydrogens is 238 g/mol. The van der Waals surface area contributed by atoms with E-state index in [4.69, 9.17) is 0 Å². The molecule has 2 aromatic heterocycles. The van der Waals surface area contributed by atoms with Crippen molar-refractivity contribution in [3.63, 3.8) is 0 Å². The van der Waals surface area contributed by atoms with Crippen LogP contribution in [0.3, 0.4) is 0 Å². The monoisotopic (exact) mass is 259 g/mol. The molecule has 0 bridgehead atoms. The predicted molar refractivity (Wildman–Crippen MR) is 76.9 cm³/mol. The summed E-state index contributed by atoms with van der Waals surface area (Å²) in [4.78, 5) is 9.17. The molecule has 0 aliphatic rings. The summed E-state index contributed by atoms with van der Waals surface area (Å²) in [7, 11) is 1.90. The van der Waals surface area contributed by atoms with Gasteiger partial charge in [0.25, 0.3) is 0 Å². The number of hydrogen-bond acceptors (Lipinski definition) is 4. The average Bonchev–Trinajstić information content (AvgIpc) is 2.75. The smallest absolute Gasteiger partial charge is 0.164 e. The summed E-state index contributed by atoms with van der Waals surface area (Å²) in [5, 5.41) is 7.44. The van der Waals surface area contributed by atoms with Gasteiger partial charge in [-0.2, -0.15) is 5.10 Å². The van der Waals surface area contributed by atoms with Gasteiger partial charge in [-0.25, -0.2) is 9.97 Å². The van der Waals surface area contributed by atoms with Crippen LogP contribution in [-0.2, 0) is 13.5 Å². The zero-order valence-electron chi connectivity index (χ0n) is 12.0. The molecule has 19 heavy (non-hydrogen) atoms. The lowest BCUT2D eigenvalue weighted by atomic mass is 10.1. The molecule has 5 nitrogen and oxygen atoms in total. The molecule has 0 saturated heterocycles. The Balaban J connectivity index is 2.38. The minimum absolute atomic E-state index is 0.575. The molecule has 0 aliphatic heterocycles. The fraction of sp³-hybridized carbons (Fsp3) is 0.500. The summed E-state index contributed by atoms with van der Waals surface area (Å²) in [5.74, 6) is 2.19. The van der Waals surface area contributed by atoms with Crippen LogP contribution in [0.25, 0.3) is 11.4 Å². The highest BCUT2D eigenvalue weighted by molar-refractivity contribution is 5.55. The van der Waals surface area contributed by atoms with Gasteiger partial charge in [-0.15, -0.1) is 0 Å². The molecule has 0 unspecified atom stereocenters. The Morgan fingerprint density at radius 3 is 2.68 bits per heavy atom. The number of nitrogens with one attached hydrogen (secondary N) is 1. The molecule has 0 radical (unpaired) electrons. The molecule has 0 aliphatic carbocycles. The van der Waals surface area contributed by atoms with E-state index < -0.39 is 0 Å². The average molecular weight is 259 g/mol. The van der Waals surface area contributed by atoms with Crippen molar-refractivity contribution in [3.8, 4) is 11.4 Å². The Hall–Kier alpha value is -1.91. The molecule has 1 N–H and O–H groups in total. The SMILES string of the molecule is CCNc1cc(CC(C)C)nc(-c2cnn(C)c2)n1. The molecule has 0 saturated carbocycles. The molecule has 2 aromatic rings. The van der Waals surface area contributed by atoms with Gasteiger partial charge in [0, 0.05) is 31.5 Å². The number of aromatic nitrogens is 4. The lowest BCUT2D eigenvalue weighted by Crippen LogP contribution is -2.05. The molecular formula is C14H21N5. The fourth-order valence-electron chi connectivity index (χ4n) is 1.96. The van der Waals surface area contributed by atoms with Crippen LogP contribution in [0.1, 0.15) is 26.5 Å². The molecule has 5 heteroatoms. The van der Waals surface area contributed by atoms with Gasteiger partial charge in [0.2, 0.25) is 0 Å². The second-order valence-electron chi connectivity index (χ2n) is 5.10. The van der Waals surface area contributed by atoms with E-state index in [1.54, 1.807) is 10.9 Å². The highest BCUT2D eigenvalue weighted by Gasteiger charge is 2.09. The van der Waals surface area contributed by atoms with Gasteiger partial charge in [-0.1, -0.05) is 13.8 Å². The highest BCUT2D eigenvalue weighted by atomic mass is 15.2. The van der Waals surface area contributed by atoms with Crippen molar-refractivity contribution in [3.05, 3.63) is 24.2 Å². The van der Waals surface area contributed by atoms with Gasteiger partial charge in [0.1, 0.15) is 5.82 Å². The molecule has 0 amide bonds. The van der Waals surface area contributed by atoms with E-state index in [-0.39, 0.29) is 0 Å². The lowest BCUT2D eigenvalue weighted by Gasteiger charge is -2.09. The van der Waals surface area contributed by atoms with Crippen LogP contribution in [0.5, 0.6) is 0 Å². The second kappa shape index (κ2) is 5.82. The van der Waals surface area contributed by atoms with Gasteiger partial charge in [0.05, 0.1) is 11.8 Å². The van der Waals surface area contributed by atoms with Crippen molar-refractivity contribution in [2.75, 3.05) is 11.9 Å². The molecule has 0 fully saturated rings. The van der Waals surface area contributed by atoms with Crippen LogP contribution in [0.15, 0.2) is 18.5 Å². The predicted octanol–water partition coefficient (Wildman–Crippen LogP) is 2.51. The molecule has 2 heterocycles. The third-order valence-electron chi connectivity index (χ3n) is 2.72.